The Kier molecular flexibility index (Phi) is 3.72. The first-order chi connectivity index (χ1) is 7.51. The van der Waals surface area contributed by atoms with E-state index in [0.29, 0.717) is 10.8 Å². The van der Waals surface area contributed by atoms with Crippen molar-refractivity contribution in [2.45, 2.75) is 37.5 Å². The topological polar surface area (TPSA) is 32.3 Å². The molecule has 16 heavy (non-hydrogen) atoms. The Labute approximate surface area is 101 Å². The number of nitrogens with one attached hydrogen (secondary N) is 1. The fourth-order valence-corrected chi connectivity index (χ4v) is 3.14. The summed E-state index contributed by atoms with van der Waals surface area (Å²) in [7, 11) is -0.694. The van der Waals surface area contributed by atoms with Crippen molar-refractivity contribution < 1.29 is 4.21 Å². The Morgan fingerprint density at radius 1 is 1.56 bits per heavy atom. The predicted molar refractivity (Wildman–Crippen MR) is 69.1 cm³/mol. The maximum Gasteiger partial charge on any atom is 0.0444 e. The van der Waals surface area contributed by atoms with E-state index in [4.69, 9.17) is 0 Å². The highest BCUT2D eigenvalue weighted by Gasteiger charge is 2.43. The fraction of sp³-hybridized carbons (Fsp3) is 1.00. The molecule has 0 amide bonds. The molecular formula is C12H24N2OS. The molecule has 2 rings (SSSR count). The lowest BCUT2D eigenvalue weighted by atomic mass is 9.93. The summed E-state index contributed by atoms with van der Waals surface area (Å²) in [5.41, 5.74) is 0.313. The zero-order chi connectivity index (χ0) is 11.8. The summed E-state index contributed by atoms with van der Waals surface area (Å²) in [4.78, 5) is 2.49. The minimum Gasteiger partial charge on any atom is -0.309 e. The first kappa shape index (κ1) is 12.5. The zero-order valence-electron chi connectivity index (χ0n) is 10.7. The Morgan fingerprint density at radius 3 is 2.81 bits per heavy atom. The second kappa shape index (κ2) is 4.75. The van der Waals surface area contributed by atoms with Gasteiger partial charge in [-0.1, -0.05) is 0 Å². The number of piperazine rings is 1. The van der Waals surface area contributed by atoms with Crippen LogP contribution in [0.1, 0.15) is 26.7 Å². The van der Waals surface area contributed by atoms with E-state index >= 15 is 0 Å². The average Bonchev–Trinajstić information content (AvgIpc) is 3.00. The highest BCUT2D eigenvalue weighted by Crippen LogP contribution is 2.40. The van der Waals surface area contributed by atoms with Crippen LogP contribution in [0.15, 0.2) is 0 Å². The van der Waals surface area contributed by atoms with Crippen molar-refractivity contribution in [2.24, 2.45) is 5.92 Å². The first-order valence-corrected chi connectivity index (χ1v) is 7.93. The average molecular weight is 244 g/mol. The molecule has 2 aliphatic rings. The van der Waals surface area contributed by atoms with E-state index in [1.165, 1.54) is 12.8 Å². The second-order valence-corrected chi connectivity index (χ2v) is 7.46. The van der Waals surface area contributed by atoms with Gasteiger partial charge in [-0.15, -0.1) is 0 Å². The molecule has 1 heterocycles. The summed E-state index contributed by atoms with van der Waals surface area (Å²) in [6.07, 6.45) is 4.58. The standard InChI is InChI=1S/C12H24N2OS/c1-10(16(3)15)8-14-7-6-13-12(2,9-14)11-4-5-11/h10-11,13H,4-9H2,1-3H3. The Hall–Kier alpha value is 0.0700. The molecule has 4 heteroatoms. The maximum absolute atomic E-state index is 11.4. The number of hydrogen-bond acceptors (Lipinski definition) is 3. The van der Waals surface area contributed by atoms with Gasteiger partial charge in [0.2, 0.25) is 0 Å². The highest BCUT2D eigenvalue weighted by molar-refractivity contribution is 7.84. The van der Waals surface area contributed by atoms with Crippen LogP contribution in [0.2, 0.25) is 0 Å². The summed E-state index contributed by atoms with van der Waals surface area (Å²) < 4.78 is 11.4. The third-order valence-corrected chi connectivity index (χ3v) is 5.35. The molecule has 1 aliphatic heterocycles. The maximum atomic E-state index is 11.4. The second-order valence-electron chi connectivity index (χ2n) is 5.66. The third kappa shape index (κ3) is 2.84. The zero-order valence-corrected chi connectivity index (χ0v) is 11.5. The summed E-state index contributed by atoms with van der Waals surface area (Å²) in [6, 6.07) is 0. The molecule has 0 aromatic heterocycles. The fourth-order valence-electron chi connectivity index (χ4n) is 2.72. The molecule has 0 spiro atoms. The van der Waals surface area contributed by atoms with Gasteiger partial charge in [0.15, 0.2) is 0 Å². The molecule has 1 N–H and O–H groups in total. The molecule has 3 atom stereocenters. The Morgan fingerprint density at radius 2 is 2.25 bits per heavy atom. The van der Waals surface area contributed by atoms with E-state index in [9.17, 15) is 4.21 Å². The van der Waals surface area contributed by atoms with Gasteiger partial charge in [0.05, 0.1) is 0 Å². The molecule has 1 aliphatic carbocycles. The molecule has 1 saturated heterocycles. The lowest BCUT2D eigenvalue weighted by molar-refractivity contribution is 0.128. The normalized spacial score (nSPS) is 35.9. The van der Waals surface area contributed by atoms with Gasteiger partial charge in [0.1, 0.15) is 0 Å². The van der Waals surface area contributed by atoms with Crippen molar-refractivity contribution in [2.75, 3.05) is 32.4 Å². The van der Waals surface area contributed by atoms with Crippen LogP contribution in [0.25, 0.3) is 0 Å². The number of nitrogens with zero attached hydrogens (tertiary/aromatic N) is 1. The minimum atomic E-state index is -0.694. The van der Waals surface area contributed by atoms with E-state index < -0.39 is 10.8 Å². The van der Waals surface area contributed by atoms with Crippen molar-refractivity contribution >= 4 is 10.8 Å². The van der Waals surface area contributed by atoms with Crippen molar-refractivity contribution in [1.82, 2.24) is 10.2 Å². The van der Waals surface area contributed by atoms with Crippen molar-refractivity contribution in [3.05, 3.63) is 0 Å². The molecular weight excluding hydrogens is 220 g/mol. The molecule has 3 nitrogen and oxygen atoms in total. The quantitative estimate of drug-likeness (QED) is 0.795. The van der Waals surface area contributed by atoms with Gasteiger partial charge >= 0.3 is 0 Å². The van der Waals surface area contributed by atoms with Crippen LogP contribution in [0.5, 0.6) is 0 Å². The summed E-state index contributed by atoms with van der Waals surface area (Å²) in [6.45, 7) is 8.73. The van der Waals surface area contributed by atoms with Gasteiger partial charge in [-0.2, -0.15) is 0 Å². The Bertz CT molecular complexity index is 280. The molecule has 2 fully saturated rings. The van der Waals surface area contributed by atoms with Gasteiger partial charge in [0, 0.05) is 54.0 Å². The van der Waals surface area contributed by atoms with E-state index in [1.54, 1.807) is 0 Å². The van der Waals surface area contributed by atoms with Crippen LogP contribution >= 0.6 is 0 Å². The predicted octanol–water partition coefficient (Wildman–Crippen LogP) is 0.827. The smallest absolute Gasteiger partial charge is 0.0444 e. The molecule has 0 bridgehead atoms. The van der Waals surface area contributed by atoms with Crippen molar-refractivity contribution in [3.8, 4) is 0 Å². The van der Waals surface area contributed by atoms with Gasteiger partial charge in [0.25, 0.3) is 0 Å². The first-order valence-electron chi connectivity index (χ1n) is 6.31. The number of hydrogen-bond donors (Lipinski definition) is 1. The van der Waals surface area contributed by atoms with Crippen molar-refractivity contribution in [1.29, 1.82) is 0 Å². The minimum absolute atomic E-state index is 0.293. The molecule has 0 aromatic rings. The van der Waals surface area contributed by atoms with Crippen LogP contribution < -0.4 is 5.32 Å². The molecule has 1 saturated carbocycles. The van der Waals surface area contributed by atoms with E-state index in [2.05, 4.69) is 24.1 Å². The molecule has 94 valence electrons. The van der Waals surface area contributed by atoms with Crippen molar-refractivity contribution in [3.63, 3.8) is 0 Å². The molecule has 3 unspecified atom stereocenters. The largest absolute Gasteiger partial charge is 0.309 e. The van der Waals surface area contributed by atoms with Gasteiger partial charge in [-0.3, -0.25) is 9.11 Å². The van der Waals surface area contributed by atoms with E-state index in [1.807, 2.05) is 6.26 Å². The SMILES string of the molecule is CC(CN1CCNC(C)(C2CC2)C1)S(C)=O. The summed E-state index contributed by atoms with van der Waals surface area (Å²) in [5.74, 6) is 0.873. The van der Waals surface area contributed by atoms with Gasteiger partial charge in [-0.25, -0.2) is 0 Å². The lowest BCUT2D eigenvalue weighted by Gasteiger charge is -2.42. The number of rotatable bonds is 4. The highest BCUT2D eigenvalue weighted by atomic mass is 32.2. The van der Waals surface area contributed by atoms with E-state index in [0.717, 1.165) is 32.1 Å². The van der Waals surface area contributed by atoms with Crippen LogP contribution in [-0.4, -0.2) is 52.3 Å². The van der Waals surface area contributed by atoms with Crippen LogP contribution in [0.3, 0.4) is 0 Å². The van der Waals surface area contributed by atoms with Crippen LogP contribution in [-0.2, 0) is 10.8 Å². The summed E-state index contributed by atoms with van der Waals surface area (Å²) in [5, 5.41) is 3.97. The summed E-state index contributed by atoms with van der Waals surface area (Å²) >= 11 is 0. The Balaban J connectivity index is 1.89. The molecule has 0 aromatic carbocycles. The van der Waals surface area contributed by atoms with Crippen LogP contribution in [0.4, 0.5) is 0 Å². The van der Waals surface area contributed by atoms with Gasteiger partial charge in [-0.05, 0) is 32.6 Å². The van der Waals surface area contributed by atoms with E-state index in [-0.39, 0.29) is 0 Å². The monoisotopic (exact) mass is 244 g/mol. The third-order valence-electron chi connectivity index (χ3n) is 4.07. The van der Waals surface area contributed by atoms with Gasteiger partial charge < -0.3 is 5.32 Å². The molecule has 0 radical (unpaired) electrons. The van der Waals surface area contributed by atoms with Crippen LogP contribution in [0, 0.1) is 5.92 Å². The lowest BCUT2D eigenvalue weighted by Crippen LogP contribution is -2.60.